The average Bonchev–Trinajstić information content (AvgIpc) is 3.26. The number of aliphatic hydroxyl groups excluding tert-OH is 1. The molecule has 0 spiro atoms. The first-order valence-electron chi connectivity index (χ1n) is 9.76. The lowest BCUT2D eigenvalue weighted by Crippen LogP contribution is -2.28. The van der Waals surface area contributed by atoms with Crippen molar-refractivity contribution < 1.29 is 27.8 Å². The molecule has 0 fully saturated rings. The van der Waals surface area contributed by atoms with Gasteiger partial charge in [0.2, 0.25) is 5.91 Å². The second-order valence-corrected chi connectivity index (χ2v) is 7.23. The summed E-state index contributed by atoms with van der Waals surface area (Å²) in [5.74, 6) is -0.528. The zero-order valence-corrected chi connectivity index (χ0v) is 17.1. The minimum Gasteiger partial charge on any atom is -0.406 e. The molecule has 2 N–H and O–H groups in total. The molecule has 0 bridgehead atoms. The standard InChI is InChI=1S/C21H20F3N5O3/c1-28-14(8-13-9-15(2-3-19(13)28)32-21(22,23)24)11-29-12-16-17(27-29)4-5-25-18(16)10-20(31)26-6-7-30/h2-5,8-9,12,30H,6-7,10-11H2,1H3,(H,26,31). The number of hydrogen-bond acceptors (Lipinski definition) is 5. The van der Waals surface area contributed by atoms with E-state index in [0.29, 0.717) is 23.1 Å². The Hall–Kier alpha value is -3.60. The first-order valence-corrected chi connectivity index (χ1v) is 9.76. The molecule has 0 aliphatic rings. The van der Waals surface area contributed by atoms with E-state index in [0.717, 1.165) is 16.6 Å². The van der Waals surface area contributed by atoms with E-state index >= 15 is 0 Å². The summed E-state index contributed by atoms with van der Waals surface area (Å²) >= 11 is 0. The number of pyridine rings is 1. The Morgan fingerprint density at radius 3 is 2.81 bits per heavy atom. The average molecular weight is 447 g/mol. The van der Waals surface area contributed by atoms with Crippen molar-refractivity contribution in [2.75, 3.05) is 13.2 Å². The monoisotopic (exact) mass is 447 g/mol. The Labute approximate surface area is 180 Å². The van der Waals surface area contributed by atoms with Crippen LogP contribution in [0, 0.1) is 0 Å². The van der Waals surface area contributed by atoms with Gasteiger partial charge in [0.15, 0.2) is 0 Å². The largest absolute Gasteiger partial charge is 0.573 e. The van der Waals surface area contributed by atoms with Crippen LogP contribution < -0.4 is 10.1 Å². The lowest BCUT2D eigenvalue weighted by Gasteiger charge is -2.08. The summed E-state index contributed by atoms with van der Waals surface area (Å²) in [7, 11) is 1.82. The minimum absolute atomic E-state index is 0.0546. The fourth-order valence-electron chi connectivity index (χ4n) is 3.58. The number of aliphatic hydroxyl groups is 1. The second kappa shape index (κ2) is 8.50. The van der Waals surface area contributed by atoms with E-state index in [9.17, 15) is 18.0 Å². The van der Waals surface area contributed by atoms with Crippen LogP contribution in [-0.2, 0) is 24.8 Å². The fourth-order valence-corrected chi connectivity index (χ4v) is 3.58. The van der Waals surface area contributed by atoms with Crippen LogP contribution in [0.2, 0.25) is 0 Å². The Balaban J connectivity index is 1.59. The number of rotatable bonds is 7. The number of nitrogens with zero attached hydrogens (tertiary/aromatic N) is 4. The molecule has 0 saturated heterocycles. The number of carbonyl (C=O) groups excluding carboxylic acids is 1. The van der Waals surface area contributed by atoms with Gasteiger partial charge < -0.3 is 19.7 Å². The molecule has 32 heavy (non-hydrogen) atoms. The van der Waals surface area contributed by atoms with Gasteiger partial charge in [0, 0.05) is 48.0 Å². The van der Waals surface area contributed by atoms with E-state index in [1.807, 2.05) is 11.6 Å². The lowest BCUT2D eigenvalue weighted by molar-refractivity contribution is -0.274. The highest BCUT2D eigenvalue weighted by Gasteiger charge is 2.31. The van der Waals surface area contributed by atoms with Crippen LogP contribution in [0.15, 0.2) is 42.7 Å². The van der Waals surface area contributed by atoms with Crippen LogP contribution in [-0.4, -0.2) is 49.9 Å². The summed E-state index contributed by atoms with van der Waals surface area (Å²) in [6, 6.07) is 7.72. The summed E-state index contributed by atoms with van der Waals surface area (Å²) in [6.07, 6.45) is -1.33. The van der Waals surface area contributed by atoms with Crippen molar-refractivity contribution in [3.8, 4) is 5.75 Å². The van der Waals surface area contributed by atoms with Crippen molar-refractivity contribution >= 4 is 27.7 Å². The molecule has 1 aromatic carbocycles. The van der Waals surface area contributed by atoms with Crippen LogP contribution in [0.4, 0.5) is 13.2 Å². The summed E-state index contributed by atoms with van der Waals surface area (Å²) in [5, 5.41) is 17.3. The van der Waals surface area contributed by atoms with E-state index in [4.69, 9.17) is 5.11 Å². The van der Waals surface area contributed by atoms with Gasteiger partial charge in [-0.2, -0.15) is 5.10 Å². The Morgan fingerprint density at radius 1 is 1.25 bits per heavy atom. The minimum atomic E-state index is -4.75. The lowest BCUT2D eigenvalue weighted by atomic mass is 10.2. The van der Waals surface area contributed by atoms with Gasteiger partial charge in [0.1, 0.15) is 5.75 Å². The molecule has 0 atom stereocenters. The van der Waals surface area contributed by atoms with Crippen LogP contribution >= 0.6 is 0 Å². The Bertz CT molecular complexity index is 1280. The summed E-state index contributed by atoms with van der Waals surface area (Å²) in [4.78, 5) is 16.3. The fraction of sp³-hybridized carbons (Fsp3) is 0.286. The highest BCUT2D eigenvalue weighted by Crippen LogP contribution is 2.28. The molecule has 0 radical (unpaired) electrons. The number of alkyl halides is 3. The van der Waals surface area contributed by atoms with Crippen molar-refractivity contribution in [3.63, 3.8) is 0 Å². The molecule has 8 nitrogen and oxygen atoms in total. The number of amides is 1. The predicted octanol–water partition coefficient (Wildman–Crippen LogP) is 2.52. The quantitative estimate of drug-likeness (QED) is 0.454. The van der Waals surface area contributed by atoms with Crippen molar-refractivity contribution in [2.45, 2.75) is 19.3 Å². The third kappa shape index (κ3) is 4.67. The number of benzene rings is 1. The van der Waals surface area contributed by atoms with Crippen molar-refractivity contribution in [1.29, 1.82) is 0 Å². The van der Waals surface area contributed by atoms with Crippen LogP contribution in [0.3, 0.4) is 0 Å². The molecule has 3 aromatic heterocycles. The molecule has 4 aromatic rings. The zero-order chi connectivity index (χ0) is 22.9. The number of nitrogens with one attached hydrogen (secondary N) is 1. The predicted molar refractivity (Wildman–Crippen MR) is 110 cm³/mol. The second-order valence-electron chi connectivity index (χ2n) is 7.23. The number of fused-ring (bicyclic) bond motifs is 2. The molecular formula is C21H20F3N5O3. The van der Waals surface area contributed by atoms with Gasteiger partial charge in [0.05, 0.1) is 30.8 Å². The normalized spacial score (nSPS) is 11.9. The van der Waals surface area contributed by atoms with Crippen molar-refractivity contribution in [2.24, 2.45) is 7.05 Å². The number of halogens is 3. The topological polar surface area (TPSA) is 94.2 Å². The molecule has 4 rings (SSSR count). The molecular weight excluding hydrogens is 427 g/mol. The summed E-state index contributed by atoms with van der Waals surface area (Å²) in [6.45, 7) is 0.395. The van der Waals surface area contributed by atoms with Gasteiger partial charge in [-0.25, -0.2) is 0 Å². The maximum absolute atomic E-state index is 12.5. The summed E-state index contributed by atoms with van der Waals surface area (Å²) in [5.41, 5.74) is 2.82. The Morgan fingerprint density at radius 2 is 2.06 bits per heavy atom. The molecule has 168 valence electrons. The van der Waals surface area contributed by atoms with Gasteiger partial charge in [-0.3, -0.25) is 14.5 Å². The SMILES string of the molecule is Cn1c(Cn2cc3c(CC(=O)NCCO)nccc3n2)cc2cc(OC(F)(F)F)ccc21. The molecule has 3 heterocycles. The van der Waals surface area contributed by atoms with E-state index in [1.165, 1.54) is 12.1 Å². The van der Waals surface area contributed by atoms with Gasteiger partial charge in [-0.15, -0.1) is 13.2 Å². The molecule has 0 aliphatic carbocycles. The first kappa shape index (κ1) is 21.6. The van der Waals surface area contributed by atoms with Gasteiger partial charge in [0.25, 0.3) is 0 Å². The molecule has 0 aliphatic heterocycles. The van der Waals surface area contributed by atoms with Gasteiger partial charge in [-0.1, -0.05) is 0 Å². The van der Waals surface area contributed by atoms with Crippen LogP contribution in [0.1, 0.15) is 11.4 Å². The van der Waals surface area contributed by atoms with Crippen molar-refractivity contribution in [3.05, 3.63) is 54.1 Å². The van der Waals surface area contributed by atoms with Crippen LogP contribution in [0.25, 0.3) is 21.8 Å². The molecule has 11 heteroatoms. The maximum Gasteiger partial charge on any atom is 0.573 e. The summed E-state index contributed by atoms with van der Waals surface area (Å²) < 4.78 is 45.1. The van der Waals surface area contributed by atoms with Gasteiger partial charge >= 0.3 is 6.36 Å². The first-order chi connectivity index (χ1) is 15.2. The number of hydrogen-bond donors (Lipinski definition) is 2. The smallest absolute Gasteiger partial charge is 0.406 e. The number of aryl methyl sites for hydroxylation is 1. The van der Waals surface area contributed by atoms with Crippen LogP contribution in [0.5, 0.6) is 5.75 Å². The van der Waals surface area contributed by atoms with E-state index < -0.39 is 6.36 Å². The maximum atomic E-state index is 12.5. The Kier molecular flexibility index (Phi) is 5.74. The van der Waals surface area contributed by atoms with Crippen molar-refractivity contribution in [1.82, 2.24) is 24.6 Å². The molecule has 0 saturated carbocycles. The van der Waals surface area contributed by atoms with E-state index in [1.54, 1.807) is 35.3 Å². The van der Waals surface area contributed by atoms with E-state index in [2.05, 4.69) is 20.1 Å². The number of ether oxygens (including phenoxy) is 1. The van der Waals surface area contributed by atoms with Gasteiger partial charge in [-0.05, 0) is 30.3 Å². The number of carbonyl (C=O) groups is 1. The third-order valence-electron chi connectivity index (χ3n) is 5.00. The third-order valence-corrected chi connectivity index (χ3v) is 5.00. The molecule has 1 amide bonds. The highest BCUT2D eigenvalue weighted by atomic mass is 19.4. The highest BCUT2D eigenvalue weighted by molar-refractivity contribution is 5.86. The zero-order valence-electron chi connectivity index (χ0n) is 17.1. The van der Waals surface area contributed by atoms with E-state index in [-0.39, 0.29) is 31.2 Å². The molecule has 0 unspecified atom stereocenters. The number of aromatic nitrogens is 4.